The van der Waals surface area contributed by atoms with Gasteiger partial charge in [-0.3, -0.25) is 9.59 Å². The van der Waals surface area contributed by atoms with E-state index in [9.17, 15) is 14.0 Å². The van der Waals surface area contributed by atoms with Crippen LogP contribution in [0.25, 0.3) is 0 Å². The van der Waals surface area contributed by atoms with Crippen LogP contribution in [0, 0.1) is 12.7 Å². The normalized spacial score (nSPS) is 11.6. The fourth-order valence-corrected chi connectivity index (χ4v) is 4.62. The van der Waals surface area contributed by atoms with Gasteiger partial charge in [0.15, 0.2) is 0 Å². The van der Waals surface area contributed by atoms with Crippen molar-refractivity contribution in [3.63, 3.8) is 0 Å². The van der Waals surface area contributed by atoms with Crippen LogP contribution in [0.3, 0.4) is 0 Å². The van der Waals surface area contributed by atoms with E-state index >= 15 is 0 Å². The maximum Gasteiger partial charge on any atom is 0.243 e. The SMILES string of the molecule is CCCNC(=O)C(Cc1ccccc1)N(Cc1ccccc1F)C(=O)CSCc1ccc(C)cc1. The maximum absolute atomic E-state index is 14.6. The van der Waals surface area contributed by atoms with E-state index in [4.69, 9.17) is 0 Å². The molecule has 2 amide bonds. The largest absolute Gasteiger partial charge is 0.354 e. The van der Waals surface area contributed by atoms with Gasteiger partial charge < -0.3 is 10.2 Å². The molecule has 35 heavy (non-hydrogen) atoms. The summed E-state index contributed by atoms with van der Waals surface area (Å²) in [5, 5.41) is 2.94. The summed E-state index contributed by atoms with van der Waals surface area (Å²) in [6.45, 7) is 4.58. The molecule has 0 bridgehead atoms. The molecule has 0 aliphatic heterocycles. The minimum Gasteiger partial charge on any atom is -0.354 e. The van der Waals surface area contributed by atoms with Crippen molar-refractivity contribution in [2.75, 3.05) is 12.3 Å². The van der Waals surface area contributed by atoms with E-state index in [0.717, 1.165) is 17.5 Å². The molecule has 0 aromatic heterocycles. The lowest BCUT2D eigenvalue weighted by Crippen LogP contribution is -2.51. The van der Waals surface area contributed by atoms with Crippen molar-refractivity contribution in [2.24, 2.45) is 0 Å². The molecule has 3 aromatic rings. The molecule has 1 atom stereocenters. The van der Waals surface area contributed by atoms with Crippen molar-refractivity contribution in [1.82, 2.24) is 10.2 Å². The van der Waals surface area contributed by atoms with Crippen molar-refractivity contribution in [3.8, 4) is 0 Å². The molecule has 0 radical (unpaired) electrons. The van der Waals surface area contributed by atoms with Crippen molar-refractivity contribution < 1.29 is 14.0 Å². The summed E-state index contributed by atoms with van der Waals surface area (Å²) in [5.41, 5.74) is 3.66. The van der Waals surface area contributed by atoms with Crippen molar-refractivity contribution in [1.29, 1.82) is 0 Å². The third kappa shape index (κ3) is 8.25. The standard InChI is InChI=1S/C29H33FN2O2S/c1-3-17-31-29(34)27(18-23-9-5-4-6-10-23)32(19-25-11-7-8-12-26(25)30)28(33)21-35-20-24-15-13-22(2)14-16-24/h4-16,27H,3,17-21H2,1-2H3,(H,31,34). The summed E-state index contributed by atoms with van der Waals surface area (Å²) in [6, 6.07) is 23.5. The third-order valence-corrected chi connectivity index (χ3v) is 6.72. The maximum atomic E-state index is 14.6. The summed E-state index contributed by atoms with van der Waals surface area (Å²) in [4.78, 5) is 28.3. The van der Waals surface area contributed by atoms with Gasteiger partial charge in [0.2, 0.25) is 11.8 Å². The van der Waals surface area contributed by atoms with Gasteiger partial charge in [0.1, 0.15) is 11.9 Å². The lowest BCUT2D eigenvalue weighted by atomic mass is 10.0. The summed E-state index contributed by atoms with van der Waals surface area (Å²) in [5.74, 6) is 0.103. The number of hydrogen-bond donors (Lipinski definition) is 1. The van der Waals surface area contributed by atoms with Crippen LogP contribution < -0.4 is 5.32 Å². The average Bonchev–Trinajstić information content (AvgIpc) is 2.87. The molecule has 3 rings (SSSR count). The highest BCUT2D eigenvalue weighted by molar-refractivity contribution is 7.99. The van der Waals surface area contributed by atoms with Gasteiger partial charge in [-0.15, -0.1) is 11.8 Å². The zero-order valence-corrected chi connectivity index (χ0v) is 21.2. The highest BCUT2D eigenvalue weighted by Crippen LogP contribution is 2.20. The topological polar surface area (TPSA) is 49.4 Å². The molecule has 4 nitrogen and oxygen atoms in total. The summed E-state index contributed by atoms with van der Waals surface area (Å²) in [6.07, 6.45) is 1.15. The van der Waals surface area contributed by atoms with Gasteiger partial charge >= 0.3 is 0 Å². The molecule has 0 fully saturated rings. The molecule has 1 N–H and O–H groups in total. The predicted molar refractivity (Wildman–Crippen MR) is 142 cm³/mol. The number of rotatable bonds is 12. The van der Waals surface area contributed by atoms with Crippen LogP contribution in [-0.4, -0.2) is 35.1 Å². The Kier molecular flexibility index (Phi) is 10.4. The number of aryl methyl sites for hydroxylation is 1. The Bertz CT molecular complexity index is 1090. The summed E-state index contributed by atoms with van der Waals surface area (Å²) < 4.78 is 14.6. The van der Waals surface area contributed by atoms with Crippen LogP contribution in [0.4, 0.5) is 4.39 Å². The quantitative estimate of drug-likeness (QED) is 0.362. The molecule has 6 heteroatoms. The van der Waals surface area contributed by atoms with Gasteiger partial charge in [0.25, 0.3) is 0 Å². The Morgan fingerprint density at radius 2 is 1.63 bits per heavy atom. The van der Waals surface area contributed by atoms with E-state index in [1.54, 1.807) is 23.1 Å². The average molecular weight is 493 g/mol. The summed E-state index contributed by atoms with van der Waals surface area (Å²) >= 11 is 1.50. The second-order valence-electron chi connectivity index (χ2n) is 8.59. The number of halogens is 1. The molecule has 0 spiro atoms. The van der Waals surface area contributed by atoms with Crippen LogP contribution in [0.5, 0.6) is 0 Å². The monoisotopic (exact) mass is 492 g/mol. The number of amides is 2. The molecular formula is C29H33FN2O2S. The zero-order valence-electron chi connectivity index (χ0n) is 20.4. The highest BCUT2D eigenvalue weighted by atomic mass is 32.2. The van der Waals surface area contributed by atoms with Gasteiger partial charge in [0, 0.05) is 30.8 Å². The van der Waals surface area contributed by atoms with Crippen LogP contribution in [-0.2, 0) is 28.3 Å². The Morgan fingerprint density at radius 1 is 0.943 bits per heavy atom. The highest BCUT2D eigenvalue weighted by Gasteiger charge is 2.30. The predicted octanol–water partition coefficient (Wildman–Crippen LogP) is 5.53. The Hall–Kier alpha value is -3.12. The third-order valence-electron chi connectivity index (χ3n) is 5.73. The number of carbonyl (C=O) groups excluding carboxylic acids is 2. The lowest BCUT2D eigenvalue weighted by molar-refractivity contribution is -0.139. The second kappa shape index (κ2) is 13.7. The number of nitrogens with zero attached hydrogens (tertiary/aromatic N) is 1. The molecule has 0 saturated heterocycles. The number of hydrogen-bond acceptors (Lipinski definition) is 3. The van der Waals surface area contributed by atoms with Gasteiger partial charge in [0.05, 0.1) is 5.75 Å². The first kappa shape index (κ1) is 26.5. The van der Waals surface area contributed by atoms with E-state index in [1.165, 1.54) is 23.4 Å². The van der Waals surface area contributed by atoms with Crippen LogP contribution in [0.1, 0.15) is 35.6 Å². The Labute approximate surface area is 211 Å². The van der Waals surface area contributed by atoms with Gasteiger partial charge in [-0.05, 0) is 30.5 Å². The number of carbonyl (C=O) groups is 2. The Balaban J connectivity index is 1.83. The summed E-state index contributed by atoms with van der Waals surface area (Å²) in [7, 11) is 0. The molecule has 3 aromatic carbocycles. The zero-order chi connectivity index (χ0) is 25.0. The molecule has 1 unspecified atom stereocenters. The van der Waals surface area contributed by atoms with Gasteiger partial charge in [-0.1, -0.05) is 85.3 Å². The fraction of sp³-hybridized carbons (Fsp3) is 0.310. The van der Waals surface area contributed by atoms with Gasteiger partial charge in [-0.2, -0.15) is 0 Å². The van der Waals surface area contributed by atoms with Crippen LogP contribution >= 0.6 is 11.8 Å². The van der Waals surface area contributed by atoms with Gasteiger partial charge in [-0.25, -0.2) is 4.39 Å². The van der Waals surface area contributed by atoms with Crippen LogP contribution in [0.15, 0.2) is 78.9 Å². The first-order chi connectivity index (χ1) is 17.0. The number of benzene rings is 3. The minimum absolute atomic E-state index is 0.0354. The first-order valence-corrected chi connectivity index (χ1v) is 13.1. The molecular weight excluding hydrogens is 459 g/mol. The molecule has 0 aliphatic carbocycles. The number of nitrogens with one attached hydrogen (secondary N) is 1. The minimum atomic E-state index is -0.740. The lowest BCUT2D eigenvalue weighted by Gasteiger charge is -2.31. The van der Waals surface area contributed by atoms with E-state index in [2.05, 4.69) is 29.6 Å². The Morgan fingerprint density at radius 3 is 2.31 bits per heavy atom. The molecule has 0 aliphatic rings. The van der Waals surface area contributed by atoms with Crippen molar-refractivity contribution >= 4 is 23.6 Å². The smallest absolute Gasteiger partial charge is 0.243 e. The molecule has 0 saturated carbocycles. The van der Waals surface area contributed by atoms with E-state index in [0.29, 0.717) is 24.3 Å². The first-order valence-electron chi connectivity index (χ1n) is 12.0. The van der Waals surface area contributed by atoms with Crippen molar-refractivity contribution in [3.05, 3.63) is 107 Å². The van der Waals surface area contributed by atoms with E-state index in [-0.39, 0.29) is 29.9 Å². The van der Waals surface area contributed by atoms with E-state index < -0.39 is 6.04 Å². The van der Waals surface area contributed by atoms with Crippen molar-refractivity contribution in [2.45, 2.75) is 45.0 Å². The molecule has 0 heterocycles. The molecule has 184 valence electrons. The van der Waals surface area contributed by atoms with E-state index in [1.807, 2.05) is 44.2 Å². The second-order valence-corrected chi connectivity index (χ2v) is 9.57. The number of thioether (sulfide) groups is 1. The van der Waals surface area contributed by atoms with Crippen LogP contribution in [0.2, 0.25) is 0 Å². The fourth-order valence-electron chi connectivity index (χ4n) is 3.75.